The average molecular weight is 353 g/mol. The van der Waals surface area contributed by atoms with Gasteiger partial charge in [-0.2, -0.15) is 0 Å². The van der Waals surface area contributed by atoms with E-state index in [1.165, 1.54) is 10.5 Å². The number of carbonyl (C=O) groups is 3. The van der Waals surface area contributed by atoms with Gasteiger partial charge in [0.25, 0.3) is 11.8 Å². The Balaban J connectivity index is 1.41. The minimum atomic E-state index is -0.274. The van der Waals surface area contributed by atoms with E-state index in [1.54, 1.807) is 24.3 Å². The molecule has 0 bridgehead atoms. The number of nitrogens with zero attached hydrogens (tertiary/aromatic N) is 1. The number of aryl methyl sites for hydroxylation is 2. The van der Waals surface area contributed by atoms with Crippen LogP contribution in [0.15, 0.2) is 30.3 Å². The van der Waals surface area contributed by atoms with E-state index < -0.39 is 0 Å². The monoisotopic (exact) mass is 353 g/mol. The molecule has 1 aromatic carbocycles. The molecule has 1 aliphatic heterocycles. The number of imide groups is 1. The van der Waals surface area contributed by atoms with E-state index in [4.69, 9.17) is 0 Å². The Labute approximate surface area is 152 Å². The first-order valence-corrected chi connectivity index (χ1v) is 8.84. The van der Waals surface area contributed by atoms with Gasteiger partial charge in [0.1, 0.15) is 0 Å². The summed E-state index contributed by atoms with van der Waals surface area (Å²) in [6.45, 7) is 4.86. The van der Waals surface area contributed by atoms with Crippen molar-refractivity contribution < 1.29 is 14.4 Å². The molecule has 0 saturated heterocycles. The van der Waals surface area contributed by atoms with Crippen LogP contribution in [0.4, 0.5) is 0 Å². The van der Waals surface area contributed by atoms with Gasteiger partial charge in [0, 0.05) is 30.9 Å². The van der Waals surface area contributed by atoms with E-state index in [1.807, 2.05) is 13.8 Å². The molecule has 26 heavy (non-hydrogen) atoms. The quantitative estimate of drug-likeness (QED) is 0.750. The molecular formula is C20H23N3O3. The minimum Gasteiger partial charge on any atom is -0.362 e. The number of nitrogens with one attached hydrogen (secondary N) is 2. The van der Waals surface area contributed by atoms with Crippen molar-refractivity contribution in [1.82, 2.24) is 15.2 Å². The third kappa shape index (κ3) is 3.69. The summed E-state index contributed by atoms with van der Waals surface area (Å²) in [5, 5.41) is 2.89. The number of hydrogen-bond acceptors (Lipinski definition) is 3. The molecule has 2 aromatic rings. The number of aromatic amines is 1. The van der Waals surface area contributed by atoms with Gasteiger partial charge in [-0.15, -0.1) is 0 Å². The van der Waals surface area contributed by atoms with Gasteiger partial charge in [-0.3, -0.25) is 19.3 Å². The van der Waals surface area contributed by atoms with Crippen molar-refractivity contribution in [2.75, 3.05) is 13.1 Å². The first kappa shape index (κ1) is 17.9. The van der Waals surface area contributed by atoms with Crippen LogP contribution in [0.2, 0.25) is 0 Å². The summed E-state index contributed by atoms with van der Waals surface area (Å²) >= 11 is 0. The first-order valence-electron chi connectivity index (χ1n) is 8.84. The highest BCUT2D eigenvalue weighted by Gasteiger charge is 2.34. The fourth-order valence-electron chi connectivity index (χ4n) is 3.31. The zero-order chi connectivity index (χ0) is 18.7. The highest BCUT2D eigenvalue weighted by Crippen LogP contribution is 2.22. The molecule has 2 N–H and O–H groups in total. The molecule has 1 aromatic heterocycles. The number of carbonyl (C=O) groups excluding carboxylic acids is 3. The van der Waals surface area contributed by atoms with Crippen LogP contribution < -0.4 is 5.32 Å². The first-order chi connectivity index (χ1) is 12.5. The third-order valence-electron chi connectivity index (χ3n) is 4.64. The molecule has 6 heteroatoms. The Hall–Kier alpha value is -2.89. The number of H-pyrrole nitrogens is 1. The largest absolute Gasteiger partial charge is 0.362 e. The van der Waals surface area contributed by atoms with Gasteiger partial charge in [-0.05, 0) is 50.5 Å². The molecule has 0 spiro atoms. The van der Waals surface area contributed by atoms with E-state index in [2.05, 4.69) is 16.4 Å². The van der Waals surface area contributed by atoms with E-state index in [9.17, 15) is 14.4 Å². The van der Waals surface area contributed by atoms with Crippen LogP contribution in [0.3, 0.4) is 0 Å². The molecule has 0 aliphatic carbocycles. The van der Waals surface area contributed by atoms with Crippen LogP contribution >= 0.6 is 0 Å². The molecule has 0 unspecified atom stereocenters. The van der Waals surface area contributed by atoms with Gasteiger partial charge in [0.2, 0.25) is 5.91 Å². The Morgan fingerprint density at radius 1 is 1.12 bits per heavy atom. The molecule has 1 aliphatic rings. The standard InChI is InChI=1S/C20H23N3O3/c1-13-12-15(14(2)22-13)9-10-21-18(24)8-5-11-23-19(25)16-6-3-4-7-17(16)20(23)26/h3-4,6-7,12,22H,5,8-11H2,1-2H3,(H,21,24). The number of fused-ring (bicyclic) bond motifs is 1. The lowest BCUT2D eigenvalue weighted by molar-refractivity contribution is -0.121. The fraction of sp³-hybridized carbons (Fsp3) is 0.350. The van der Waals surface area contributed by atoms with Crippen LogP contribution in [-0.4, -0.2) is 40.7 Å². The zero-order valence-corrected chi connectivity index (χ0v) is 15.1. The predicted molar refractivity (Wildman–Crippen MR) is 98.0 cm³/mol. The second-order valence-electron chi connectivity index (χ2n) is 6.61. The number of rotatable bonds is 7. The molecule has 0 fully saturated rings. The minimum absolute atomic E-state index is 0.0634. The van der Waals surface area contributed by atoms with Crippen LogP contribution in [0, 0.1) is 13.8 Å². The van der Waals surface area contributed by atoms with E-state index in [0.717, 1.165) is 17.8 Å². The topological polar surface area (TPSA) is 82.3 Å². The summed E-state index contributed by atoms with van der Waals surface area (Å²) in [5.41, 5.74) is 4.33. The Morgan fingerprint density at radius 2 is 1.77 bits per heavy atom. The second kappa shape index (κ2) is 7.56. The van der Waals surface area contributed by atoms with Crippen molar-refractivity contribution in [3.05, 3.63) is 58.4 Å². The van der Waals surface area contributed by atoms with Crippen LogP contribution in [0.1, 0.15) is 50.5 Å². The van der Waals surface area contributed by atoms with Crippen molar-refractivity contribution >= 4 is 17.7 Å². The van der Waals surface area contributed by atoms with Crippen molar-refractivity contribution in [3.63, 3.8) is 0 Å². The summed E-state index contributed by atoms with van der Waals surface area (Å²) < 4.78 is 0. The van der Waals surface area contributed by atoms with Gasteiger partial charge in [-0.1, -0.05) is 12.1 Å². The summed E-state index contributed by atoms with van der Waals surface area (Å²) in [4.78, 5) is 40.9. The van der Waals surface area contributed by atoms with E-state index in [0.29, 0.717) is 30.5 Å². The Bertz CT molecular complexity index is 819. The van der Waals surface area contributed by atoms with Crippen molar-refractivity contribution in [2.24, 2.45) is 0 Å². The lowest BCUT2D eigenvalue weighted by atomic mass is 10.1. The molecule has 3 rings (SSSR count). The number of aromatic nitrogens is 1. The normalized spacial score (nSPS) is 13.2. The summed E-state index contributed by atoms with van der Waals surface area (Å²) in [6, 6.07) is 8.90. The molecule has 136 valence electrons. The molecular weight excluding hydrogens is 330 g/mol. The van der Waals surface area contributed by atoms with Crippen molar-refractivity contribution in [1.29, 1.82) is 0 Å². The van der Waals surface area contributed by atoms with Gasteiger partial charge >= 0.3 is 0 Å². The lowest BCUT2D eigenvalue weighted by Gasteiger charge is -2.13. The second-order valence-corrected chi connectivity index (χ2v) is 6.61. The molecule has 0 atom stereocenters. The lowest BCUT2D eigenvalue weighted by Crippen LogP contribution is -2.32. The maximum absolute atomic E-state index is 12.2. The molecule has 2 heterocycles. The van der Waals surface area contributed by atoms with Gasteiger partial charge in [-0.25, -0.2) is 0 Å². The summed E-state index contributed by atoms with van der Waals surface area (Å²) in [6.07, 6.45) is 1.53. The smallest absolute Gasteiger partial charge is 0.261 e. The van der Waals surface area contributed by atoms with Crippen LogP contribution in [0.5, 0.6) is 0 Å². The Morgan fingerprint density at radius 3 is 2.35 bits per heavy atom. The number of benzene rings is 1. The van der Waals surface area contributed by atoms with Gasteiger partial charge < -0.3 is 10.3 Å². The fourth-order valence-corrected chi connectivity index (χ4v) is 3.31. The predicted octanol–water partition coefficient (Wildman–Crippen LogP) is 2.37. The van der Waals surface area contributed by atoms with Crippen molar-refractivity contribution in [3.8, 4) is 0 Å². The zero-order valence-electron chi connectivity index (χ0n) is 15.1. The van der Waals surface area contributed by atoms with Crippen LogP contribution in [0.25, 0.3) is 0 Å². The Kier molecular flexibility index (Phi) is 5.21. The number of amides is 3. The van der Waals surface area contributed by atoms with E-state index >= 15 is 0 Å². The molecule has 0 radical (unpaired) electrons. The van der Waals surface area contributed by atoms with Crippen molar-refractivity contribution in [2.45, 2.75) is 33.1 Å². The highest BCUT2D eigenvalue weighted by molar-refractivity contribution is 6.21. The molecule has 3 amide bonds. The number of hydrogen-bond donors (Lipinski definition) is 2. The van der Waals surface area contributed by atoms with E-state index in [-0.39, 0.29) is 24.3 Å². The summed E-state index contributed by atoms with van der Waals surface area (Å²) in [7, 11) is 0. The third-order valence-corrected chi connectivity index (χ3v) is 4.64. The van der Waals surface area contributed by atoms with Gasteiger partial charge in [0.05, 0.1) is 11.1 Å². The molecule has 6 nitrogen and oxygen atoms in total. The van der Waals surface area contributed by atoms with Gasteiger partial charge in [0.15, 0.2) is 0 Å². The highest BCUT2D eigenvalue weighted by atomic mass is 16.2. The maximum atomic E-state index is 12.2. The maximum Gasteiger partial charge on any atom is 0.261 e. The van der Waals surface area contributed by atoms with Crippen LogP contribution in [-0.2, 0) is 11.2 Å². The summed E-state index contributed by atoms with van der Waals surface area (Å²) in [5.74, 6) is -0.611. The average Bonchev–Trinajstić information content (AvgIpc) is 3.06. The SMILES string of the molecule is Cc1cc(CCNC(=O)CCCN2C(=O)c3ccccc3C2=O)c(C)[nH]1. The molecule has 0 saturated carbocycles.